The summed E-state index contributed by atoms with van der Waals surface area (Å²) in [6.07, 6.45) is 3.00. The molecule has 0 bridgehead atoms. The summed E-state index contributed by atoms with van der Waals surface area (Å²) in [5.74, 6) is -0.210. The van der Waals surface area contributed by atoms with Crippen LogP contribution in [-0.2, 0) is 4.79 Å². The Morgan fingerprint density at radius 1 is 1.23 bits per heavy atom. The van der Waals surface area contributed by atoms with E-state index in [1.54, 1.807) is 30.3 Å². The Bertz CT molecular complexity index is 688. The van der Waals surface area contributed by atoms with Crippen molar-refractivity contribution in [2.24, 2.45) is 0 Å². The van der Waals surface area contributed by atoms with Crippen molar-refractivity contribution in [1.82, 2.24) is 10.6 Å². The van der Waals surface area contributed by atoms with Crippen molar-refractivity contribution in [3.05, 3.63) is 65.2 Å². The first-order valence-corrected chi connectivity index (χ1v) is 7.01. The highest BCUT2D eigenvalue weighted by atomic mass is 16.3. The van der Waals surface area contributed by atoms with Crippen molar-refractivity contribution in [1.29, 1.82) is 0 Å². The first-order valence-electron chi connectivity index (χ1n) is 7.01. The number of aryl methyl sites for hydroxylation is 1. The molecule has 1 aromatic heterocycles. The summed E-state index contributed by atoms with van der Waals surface area (Å²) in [5, 5.41) is 5.30. The van der Waals surface area contributed by atoms with Gasteiger partial charge in [0.15, 0.2) is 0 Å². The molecule has 0 aliphatic carbocycles. The van der Waals surface area contributed by atoms with Crippen molar-refractivity contribution < 1.29 is 14.0 Å². The monoisotopic (exact) mass is 298 g/mol. The number of furan rings is 1. The Balaban J connectivity index is 2.23. The van der Waals surface area contributed by atoms with Crippen molar-refractivity contribution >= 4 is 17.9 Å². The predicted molar refractivity (Wildman–Crippen MR) is 84.0 cm³/mol. The summed E-state index contributed by atoms with van der Waals surface area (Å²) in [6.45, 7) is 4.18. The van der Waals surface area contributed by atoms with E-state index in [4.69, 9.17) is 4.42 Å². The third kappa shape index (κ3) is 4.09. The zero-order valence-electron chi connectivity index (χ0n) is 12.6. The molecule has 1 heterocycles. The lowest BCUT2D eigenvalue weighted by Crippen LogP contribution is -2.34. The quantitative estimate of drug-likeness (QED) is 0.833. The topological polar surface area (TPSA) is 71.3 Å². The lowest BCUT2D eigenvalue weighted by atomic mass is 10.1. The Morgan fingerprint density at radius 2 is 2.05 bits per heavy atom. The van der Waals surface area contributed by atoms with E-state index in [9.17, 15) is 9.59 Å². The molecule has 0 radical (unpaired) electrons. The zero-order chi connectivity index (χ0) is 15.9. The number of carbonyl (C=O) groups excluding carboxylic acids is 2. The first-order chi connectivity index (χ1) is 10.6. The van der Waals surface area contributed by atoms with E-state index in [-0.39, 0.29) is 17.5 Å². The predicted octanol–water partition coefficient (Wildman–Crippen LogP) is 2.50. The van der Waals surface area contributed by atoms with Gasteiger partial charge in [0.1, 0.15) is 11.5 Å². The lowest BCUT2D eigenvalue weighted by molar-refractivity contribution is -0.117. The molecule has 2 aromatic rings. The summed E-state index contributed by atoms with van der Waals surface area (Å²) in [4.78, 5) is 24.3. The fourth-order valence-corrected chi connectivity index (χ4v) is 1.91. The molecule has 5 heteroatoms. The molecule has 2 N–H and O–H groups in total. The van der Waals surface area contributed by atoms with Gasteiger partial charge in [0, 0.05) is 18.2 Å². The van der Waals surface area contributed by atoms with Crippen molar-refractivity contribution in [3.8, 4) is 0 Å². The number of amides is 2. The first kappa shape index (κ1) is 15.6. The Labute approximate surface area is 129 Å². The third-order valence-electron chi connectivity index (χ3n) is 2.94. The molecular weight excluding hydrogens is 280 g/mol. The van der Waals surface area contributed by atoms with Crippen LogP contribution in [0.5, 0.6) is 0 Å². The van der Waals surface area contributed by atoms with E-state index < -0.39 is 0 Å². The normalized spacial score (nSPS) is 11.1. The molecule has 0 unspecified atom stereocenters. The van der Waals surface area contributed by atoms with Crippen molar-refractivity contribution in [3.63, 3.8) is 0 Å². The highest BCUT2D eigenvalue weighted by molar-refractivity contribution is 6.05. The van der Waals surface area contributed by atoms with Crippen molar-refractivity contribution in [2.75, 3.05) is 6.54 Å². The van der Waals surface area contributed by atoms with Crippen LogP contribution in [0, 0.1) is 6.92 Å². The molecule has 2 amide bonds. The second-order valence-electron chi connectivity index (χ2n) is 4.76. The number of nitrogens with one attached hydrogen (secondary N) is 2. The summed E-state index contributed by atoms with van der Waals surface area (Å²) in [7, 11) is 0. The molecular formula is C17H18N2O3. The Kier molecular flexibility index (Phi) is 5.14. The van der Waals surface area contributed by atoms with Crippen LogP contribution in [0.2, 0.25) is 0 Å². The summed E-state index contributed by atoms with van der Waals surface area (Å²) >= 11 is 0. The van der Waals surface area contributed by atoms with Crippen LogP contribution in [0.15, 0.2) is 52.8 Å². The van der Waals surface area contributed by atoms with E-state index in [1.807, 2.05) is 19.9 Å². The van der Waals surface area contributed by atoms with Crippen LogP contribution in [0.25, 0.3) is 6.08 Å². The zero-order valence-corrected chi connectivity index (χ0v) is 12.6. The highest BCUT2D eigenvalue weighted by Gasteiger charge is 2.14. The minimum atomic E-state index is -0.361. The van der Waals surface area contributed by atoms with Gasteiger partial charge in [-0.15, -0.1) is 0 Å². The average molecular weight is 298 g/mol. The molecule has 0 atom stereocenters. The maximum atomic E-state index is 12.3. The number of hydrogen-bond acceptors (Lipinski definition) is 3. The van der Waals surface area contributed by atoms with Gasteiger partial charge in [-0.05, 0) is 38.1 Å². The number of likely N-dealkylation sites (N-methyl/N-ethyl adjacent to an activating group) is 1. The molecule has 2 rings (SSSR count). The molecule has 0 saturated heterocycles. The second kappa shape index (κ2) is 7.26. The van der Waals surface area contributed by atoms with Crippen LogP contribution in [0.3, 0.4) is 0 Å². The second-order valence-corrected chi connectivity index (χ2v) is 4.76. The number of rotatable bonds is 5. The van der Waals surface area contributed by atoms with Gasteiger partial charge < -0.3 is 15.1 Å². The van der Waals surface area contributed by atoms with Crippen LogP contribution in [-0.4, -0.2) is 18.4 Å². The third-order valence-corrected chi connectivity index (χ3v) is 2.94. The van der Waals surface area contributed by atoms with E-state index in [2.05, 4.69) is 10.6 Å². The molecule has 5 nitrogen and oxygen atoms in total. The van der Waals surface area contributed by atoms with Gasteiger partial charge in [-0.25, -0.2) is 0 Å². The number of benzene rings is 1. The Morgan fingerprint density at radius 3 is 2.68 bits per heavy atom. The van der Waals surface area contributed by atoms with E-state index in [0.717, 1.165) is 5.56 Å². The fourth-order valence-electron chi connectivity index (χ4n) is 1.91. The molecule has 0 aliphatic heterocycles. The van der Waals surface area contributed by atoms with Crippen LogP contribution >= 0.6 is 0 Å². The number of hydrogen-bond donors (Lipinski definition) is 2. The van der Waals surface area contributed by atoms with Crippen molar-refractivity contribution in [2.45, 2.75) is 13.8 Å². The van der Waals surface area contributed by atoms with Crippen LogP contribution < -0.4 is 10.6 Å². The molecule has 0 aliphatic rings. The van der Waals surface area contributed by atoms with Gasteiger partial charge in [-0.3, -0.25) is 9.59 Å². The maximum Gasteiger partial charge on any atom is 0.267 e. The van der Waals surface area contributed by atoms with Gasteiger partial charge in [0.25, 0.3) is 11.8 Å². The van der Waals surface area contributed by atoms with E-state index in [0.29, 0.717) is 17.9 Å². The average Bonchev–Trinajstić information content (AvgIpc) is 2.99. The van der Waals surface area contributed by atoms with E-state index in [1.165, 1.54) is 12.3 Å². The molecule has 0 fully saturated rings. The standard InChI is InChI=1S/C17H18N2O3/c1-3-18-17(21)15(11-14-8-5-9-22-14)19-16(20)13-7-4-6-12(2)10-13/h4-11H,3H2,1-2H3,(H,18,21)(H,19,20)/b15-11-. The van der Waals surface area contributed by atoms with Gasteiger partial charge in [0.05, 0.1) is 6.26 Å². The minimum absolute atomic E-state index is 0.142. The van der Waals surface area contributed by atoms with Crippen LogP contribution in [0.4, 0.5) is 0 Å². The number of carbonyl (C=O) groups is 2. The summed E-state index contributed by atoms with van der Waals surface area (Å²) in [5.41, 5.74) is 1.61. The molecule has 0 spiro atoms. The lowest BCUT2D eigenvalue weighted by Gasteiger charge is -2.10. The molecule has 22 heavy (non-hydrogen) atoms. The maximum absolute atomic E-state index is 12.3. The Hall–Kier alpha value is -2.82. The largest absolute Gasteiger partial charge is 0.465 e. The summed E-state index contributed by atoms with van der Waals surface area (Å²) in [6, 6.07) is 10.6. The van der Waals surface area contributed by atoms with E-state index >= 15 is 0 Å². The van der Waals surface area contributed by atoms with Gasteiger partial charge in [0.2, 0.25) is 0 Å². The highest BCUT2D eigenvalue weighted by Crippen LogP contribution is 2.08. The molecule has 114 valence electrons. The molecule has 1 aromatic carbocycles. The molecule has 0 saturated carbocycles. The fraction of sp³-hybridized carbons (Fsp3) is 0.176. The van der Waals surface area contributed by atoms with Gasteiger partial charge in [-0.2, -0.15) is 0 Å². The smallest absolute Gasteiger partial charge is 0.267 e. The van der Waals surface area contributed by atoms with Gasteiger partial charge >= 0.3 is 0 Å². The SMILES string of the molecule is CCNC(=O)/C(=C/c1ccco1)NC(=O)c1cccc(C)c1. The van der Waals surface area contributed by atoms with Crippen LogP contribution in [0.1, 0.15) is 28.6 Å². The minimum Gasteiger partial charge on any atom is -0.465 e. The summed E-state index contributed by atoms with van der Waals surface area (Å²) < 4.78 is 5.19. The van der Waals surface area contributed by atoms with Gasteiger partial charge in [-0.1, -0.05) is 17.7 Å².